The Labute approximate surface area is 117 Å². The fourth-order valence-corrected chi connectivity index (χ4v) is 1.85. The first-order valence-corrected chi connectivity index (χ1v) is 6.10. The quantitative estimate of drug-likeness (QED) is 0.778. The number of carbonyl (C=O) groups excluding carboxylic acids is 1. The second-order valence-corrected chi connectivity index (χ2v) is 4.27. The summed E-state index contributed by atoms with van der Waals surface area (Å²) in [7, 11) is 1.50. The number of phenolic OH excluding ortho intramolecular Hbond substituents is 1. The Morgan fingerprint density at radius 1 is 1.30 bits per heavy atom. The monoisotopic (exact) mass is 272 g/mol. The van der Waals surface area contributed by atoms with Gasteiger partial charge in [-0.3, -0.25) is 4.79 Å². The van der Waals surface area contributed by atoms with E-state index in [9.17, 15) is 9.90 Å². The molecule has 0 radical (unpaired) electrons. The van der Waals surface area contributed by atoms with E-state index in [1.807, 2.05) is 6.07 Å². The number of amides is 1. The zero-order chi connectivity index (χ0) is 14.5. The maximum absolute atomic E-state index is 11.1. The molecule has 0 bridgehead atoms. The van der Waals surface area contributed by atoms with E-state index in [-0.39, 0.29) is 5.75 Å². The van der Waals surface area contributed by atoms with Gasteiger partial charge in [0.25, 0.3) is 0 Å². The van der Waals surface area contributed by atoms with E-state index in [4.69, 9.17) is 10.5 Å². The van der Waals surface area contributed by atoms with Gasteiger partial charge in [-0.25, -0.2) is 0 Å². The molecule has 5 nitrogen and oxygen atoms in total. The number of ether oxygens (including phenoxy) is 1. The van der Waals surface area contributed by atoms with Crippen molar-refractivity contribution in [2.24, 2.45) is 5.73 Å². The van der Waals surface area contributed by atoms with Crippen LogP contribution in [0.25, 0.3) is 0 Å². The Balaban J connectivity index is 2.13. The molecule has 20 heavy (non-hydrogen) atoms. The molecule has 0 spiro atoms. The van der Waals surface area contributed by atoms with Crippen LogP contribution in [-0.2, 0) is 6.54 Å². The normalized spacial score (nSPS) is 10.1. The number of methoxy groups -OCH3 is 1. The number of hydrogen-bond acceptors (Lipinski definition) is 4. The number of rotatable bonds is 5. The maximum atomic E-state index is 11.1. The topological polar surface area (TPSA) is 84.6 Å². The number of phenols is 1. The van der Waals surface area contributed by atoms with Crippen LogP contribution >= 0.6 is 0 Å². The highest BCUT2D eigenvalue weighted by atomic mass is 16.5. The molecular weight excluding hydrogens is 256 g/mol. The van der Waals surface area contributed by atoms with Crippen molar-refractivity contribution in [3.63, 3.8) is 0 Å². The third-order valence-corrected chi connectivity index (χ3v) is 2.93. The van der Waals surface area contributed by atoms with Crippen LogP contribution in [0.4, 0.5) is 5.69 Å². The van der Waals surface area contributed by atoms with Crippen molar-refractivity contribution >= 4 is 11.6 Å². The molecule has 2 aromatic carbocycles. The molecule has 1 amide bonds. The van der Waals surface area contributed by atoms with E-state index in [1.165, 1.54) is 7.11 Å². The first-order chi connectivity index (χ1) is 9.61. The highest BCUT2D eigenvalue weighted by molar-refractivity contribution is 5.93. The number of nitrogens with one attached hydrogen (secondary N) is 1. The molecule has 0 saturated carbocycles. The van der Waals surface area contributed by atoms with E-state index in [1.54, 1.807) is 36.4 Å². The Kier molecular flexibility index (Phi) is 4.10. The van der Waals surface area contributed by atoms with Crippen LogP contribution in [0.1, 0.15) is 15.9 Å². The highest BCUT2D eigenvalue weighted by Gasteiger charge is 2.07. The molecule has 0 unspecified atom stereocenters. The van der Waals surface area contributed by atoms with Gasteiger partial charge in [0.2, 0.25) is 5.91 Å². The zero-order valence-electron chi connectivity index (χ0n) is 11.1. The predicted molar refractivity (Wildman–Crippen MR) is 76.9 cm³/mol. The van der Waals surface area contributed by atoms with E-state index >= 15 is 0 Å². The van der Waals surface area contributed by atoms with Crippen molar-refractivity contribution < 1.29 is 14.6 Å². The fourth-order valence-electron chi connectivity index (χ4n) is 1.85. The molecule has 0 aromatic heterocycles. The van der Waals surface area contributed by atoms with E-state index < -0.39 is 5.91 Å². The van der Waals surface area contributed by atoms with Crippen molar-refractivity contribution in [1.82, 2.24) is 0 Å². The smallest absolute Gasteiger partial charge is 0.248 e. The molecule has 0 aliphatic carbocycles. The molecule has 2 rings (SSSR count). The summed E-state index contributed by atoms with van der Waals surface area (Å²) in [5.74, 6) is 0.0571. The van der Waals surface area contributed by atoms with Gasteiger partial charge in [0.15, 0.2) is 11.5 Å². The third kappa shape index (κ3) is 3.00. The minimum atomic E-state index is -0.474. The first kappa shape index (κ1) is 13.7. The third-order valence-electron chi connectivity index (χ3n) is 2.93. The molecule has 0 aliphatic heterocycles. The molecule has 0 fully saturated rings. The van der Waals surface area contributed by atoms with Crippen molar-refractivity contribution in [3.05, 3.63) is 53.6 Å². The predicted octanol–water partition coefficient (Wildman–Crippen LogP) is 2.11. The maximum Gasteiger partial charge on any atom is 0.248 e. The minimum Gasteiger partial charge on any atom is -0.504 e. The Hall–Kier alpha value is -2.69. The lowest BCUT2D eigenvalue weighted by Gasteiger charge is -2.11. The van der Waals surface area contributed by atoms with E-state index in [2.05, 4.69) is 5.32 Å². The number of hydrogen-bond donors (Lipinski definition) is 3. The summed E-state index contributed by atoms with van der Waals surface area (Å²) in [6, 6.07) is 12.2. The number of anilines is 1. The largest absolute Gasteiger partial charge is 0.504 e. The fraction of sp³-hybridized carbons (Fsp3) is 0.133. The van der Waals surface area contributed by atoms with Gasteiger partial charge in [0, 0.05) is 23.4 Å². The van der Waals surface area contributed by atoms with Crippen LogP contribution in [0.3, 0.4) is 0 Å². The average molecular weight is 272 g/mol. The highest BCUT2D eigenvalue weighted by Crippen LogP contribution is 2.29. The second kappa shape index (κ2) is 5.97. The van der Waals surface area contributed by atoms with Gasteiger partial charge < -0.3 is 20.9 Å². The molecule has 0 aliphatic rings. The molecule has 0 atom stereocenters. The summed E-state index contributed by atoms with van der Waals surface area (Å²) >= 11 is 0. The van der Waals surface area contributed by atoms with Gasteiger partial charge in [-0.1, -0.05) is 18.2 Å². The van der Waals surface area contributed by atoms with Gasteiger partial charge in [-0.05, 0) is 24.3 Å². The van der Waals surface area contributed by atoms with Crippen molar-refractivity contribution in [2.75, 3.05) is 12.4 Å². The summed E-state index contributed by atoms with van der Waals surface area (Å²) in [5, 5.41) is 13.1. The number of nitrogens with two attached hydrogens (primary N) is 1. The molecule has 5 heteroatoms. The second-order valence-electron chi connectivity index (χ2n) is 4.27. The van der Waals surface area contributed by atoms with E-state index in [0.29, 0.717) is 23.4 Å². The Morgan fingerprint density at radius 2 is 2.05 bits per heavy atom. The lowest BCUT2D eigenvalue weighted by atomic mass is 10.1. The van der Waals surface area contributed by atoms with Crippen LogP contribution in [-0.4, -0.2) is 18.1 Å². The molecule has 0 saturated heterocycles. The summed E-state index contributed by atoms with van der Waals surface area (Å²) in [6.45, 7) is 0.408. The van der Waals surface area contributed by atoms with Crippen LogP contribution in [0.2, 0.25) is 0 Å². The lowest BCUT2D eigenvalue weighted by molar-refractivity contribution is 0.100. The van der Waals surface area contributed by atoms with Crippen LogP contribution in [0.15, 0.2) is 42.5 Å². The summed E-state index contributed by atoms with van der Waals surface area (Å²) < 4.78 is 5.05. The van der Waals surface area contributed by atoms with Crippen LogP contribution in [0.5, 0.6) is 11.5 Å². The van der Waals surface area contributed by atoms with Crippen LogP contribution < -0.4 is 15.8 Å². The zero-order valence-corrected chi connectivity index (χ0v) is 11.1. The number of carbonyl (C=O) groups is 1. The minimum absolute atomic E-state index is 0.105. The van der Waals surface area contributed by atoms with Gasteiger partial charge in [0.1, 0.15) is 0 Å². The van der Waals surface area contributed by atoms with Crippen molar-refractivity contribution in [3.8, 4) is 11.5 Å². The SMILES string of the molecule is COc1cccc(CNc2cccc(C(N)=O)c2)c1O. The first-order valence-electron chi connectivity index (χ1n) is 6.10. The summed E-state index contributed by atoms with van der Waals surface area (Å²) in [4.78, 5) is 11.1. The molecule has 4 N–H and O–H groups in total. The molecule has 2 aromatic rings. The van der Waals surface area contributed by atoms with Gasteiger partial charge >= 0.3 is 0 Å². The Morgan fingerprint density at radius 3 is 2.75 bits per heavy atom. The Bertz CT molecular complexity index is 626. The number of benzene rings is 2. The standard InChI is InChI=1S/C15H16N2O3/c1-20-13-7-3-5-11(14(13)18)9-17-12-6-2-4-10(8-12)15(16)19/h2-8,17-18H,9H2,1H3,(H2,16,19). The van der Waals surface area contributed by atoms with Crippen LogP contribution in [0, 0.1) is 0 Å². The van der Waals surface area contributed by atoms with Gasteiger partial charge in [-0.15, -0.1) is 0 Å². The molecule has 0 heterocycles. The average Bonchev–Trinajstić information content (AvgIpc) is 2.46. The number of primary amides is 1. The molecule has 104 valence electrons. The summed E-state index contributed by atoms with van der Waals surface area (Å²) in [6.07, 6.45) is 0. The number of para-hydroxylation sites is 1. The summed E-state index contributed by atoms with van der Waals surface area (Å²) in [5.41, 5.74) is 7.12. The van der Waals surface area contributed by atoms with Crippen molar-refractivity contribution in [1.29, 1.82) is 0 Å². The lowest BCUT2D eigenvalue weighted by Crippen LogP contribution is -2.11. The van der Waals surface area contributed by atoms with Gasteiger partial charge in [-0.2, -0.15) is 0 Å². The van der Waals surface area contributed by atoms with E-state index in [0.717, 1.165) is 5.69 Å². The number of aromatic hydroxyl groups is 1. The van der Waals surface area contributed by atoms with Crippen molar-refractivity contribution in [2.45, 2.75) is 6.54 Å². The van der Waals surface area contributed by atoms with Gasteiger partial charge in [0.05, 0.1) is 7.11 Å². The molecular formula is C15H16N2O3.